The van der Waals surface area contributed by atoms with Crippen molar-refractivity contribution in [2.75, 3.05) is 10.2 Å². The van der Waals surface area contributed by atoms with Crippen molar-refractivity contribution in [3.05, 3.63) is 98.4 Å². The van der Waals surface area contributed by atoms with Crippen molar-refractivity contribution in [1.29, 1.82) is 0 Å². The van der Waals surface area contributed by atoms with E-state index in [2.05, 4.69) is 5.32 Å². The molecule has 0 saturated heterocycles. The minimum absolute atomic E-state index is 0.115. The van der Waals surface area contributed by atoms with Gasteiger partial charge in [0.15, 0.2) is 0 Å². The molecule has 1 aliphatic rings. The number of hydrogen-bond acceptors (Lipinski definition) is 3. The largest absolute Gasteiger partial charge is 0.350 e. The summed E-state index contributed by atoms with van der Waals surface area (Å²) in [6.07, 6.45) is 0. The molecule has 0 saturated carbocycles. The van der Waals surface area contributed by atoms with E-state index >= 15 is 0 Å². The van der Waals surface area contributed by atoms with Crippen LogP contribution in [0.2, 0.25) is 10.0 Å². The Labute approximate surface area is 195 Å². The number of hydrogen-bond donors (Lipinski definition) is 1. The lowest BCUT2D eigenvalue weighted by Crippen LogP contribution is -2.32. The maximum Gasteiger partial charge on any atom is 0.282 e. The van der Waals surface area contributed by atoms with Gasteiger partial charge >= 0.3 is 0 Å². The number of nitrogens with one attached hydrogen (secondary N) is 1. The highest BCUT2D eigenvalue weighted by molar-refractivity contribution is 6.46. The summed E-state index contributed by atoms with van der Waals surface area (Å²) in [5.74, 6) is -1.72. The summed E-state index contributed by atoms with van der Waals surface area (Å²) in [6, 6.07) is 14.6. The van der Waals surface area contributed by atoms with Crippen LogP contribution in [0.4, 0.5) is 15.8 Å². The van der Waals surface area contributed by atoms with Gasteiger partial charge in [-0.1, -0.05) is 47.5 Å². The van der Waals surface area contributed by atoms with Crippen molar-refractivity contribution in [2.24, 2.45) is 0 Å². The lowest BCUT2D eigenvalue weighted by molar-refractivity contribution is -0.120. The number of carbonyl (C=O) groups excluding carboxylic acids is 2. The summed E-state index contributed by atoms with van der Waals surface area (Å²) < 4.78 is 13.7. The smallest absolute Gasteiger partial charge is 0.282 e. The molecule has 4 nitrogen and oxygen atoms in total. The number of amides is 2. The van der Waals surface area contributed by atoms with Gasteiger partial charge in [0.2, 0.25) is 0 Å². The average molecular weight is 469 g/mol. The van der Waals surface area contributed by atoms with E-state index < -0.39 is 17.6 Å². The first-order valence-electron chi connectivity index (χ1n) is 9.87. The maximum absolute atomic E-state index is 13.7. The Morgan fingerprint density at radius 2 is 1.59 bits per heavy atom. The quantitative estimate of drug-likeness (QED) is 0.447. The topological polar surface area (TPSA) is 49.4 Å². The van der Waals surface area contributed by atoms with Crippen LogP contribution in [0.15, 0.2) is 60.3 Å². The molecule has 1 heterocycles. The molecule has 1 aliphatic heterocycles. The SMILES string of the molecule is Cc1ccc(C2=C(Nc3cccc(Cl)c3C)C(=O)N(c3ccc(F)c(Cl)c3)C2=O)cc1C. The Hall–Kier alpha value is -3.15. The molecule has 4 rings (SSSR count). The predicted molar refractivity (Wildman–Crippen MR) is 127 cm³/mol. The second-order valence-electron chi connectivity index (χ2n) is 7.63. The number of anilines is 2. The first kappa shape index (κ1) is 22.1. The molecule has 2 amide bonds. The molecule has 0 radical (unpaired) electrons. The molecule has 3 aromatic rings. The summed E-state index contributed by atoms with van der Waals surface area (Å²) >= 11 is 12.2. The molecule has 3 aromatic carbocycles. The normalized spacial score (nSPS) is 13.9. The zero-order valence-electron chi connectivity index (χ0n) is 17.6. The molecule has 1 N–H and O–H groups in total. The van der Waals surface area contributed by atoms with E-state index in [0.29, 0.717) is 16.3 Å². The Balaban J connectivity index is 1.88. The molecule has 0 aromatic heterocycles. The van der Waals surface area contributed by atoms with E-state index in [1.807, 2.05) is 32.9 Å². The Morgan fingerprint density at radius 3 is 2.28 bits per heavy atom. The first-order valence-corrected chi connectivity index (χ1v) is 10.6. The molecular formula is C25H19Cl2FN2O2. The standard InChI is InChI=1S/C25H19Cl2FN2O2/c1-13-7-8-16(11-14(13)2)22-23(29-21-6-4-5-18(26)15(21)3)25(32)30(24(22)31)17-9-10-20(28)19(27)12-17/h4-12,29H,1-3H3. The van der Waals surface area contributed by atoms with Crippen molar-refractivity contribution in [3.63, 3.8) is 0 Å². The van der Waals surface area contributed by atoms with Gasteiger partial charge in [-0.3, -0.25) is 9.59 Å². The van der Waals surface area contributed by atoms with Gasteiger partial charge in [-0.05, 0) is 73.4 Å². The fourth-order valence-corrected chi connectivity index (χ4v) is 3.90. The van der Waals surface area contributed by atoms with Crippen molar-refractivity contribution in [1.82, 2.24) is 0 Å². The van der Waals surface area contributed by atoms with Gasteiger partial charge in [0.05, 0.1) is 16.3 Å². The maximum atomic E-state index is 13.7. The molecule has 7 heteroatoms. The number of aryl methyl sites for hydroxylation is 2. The predicted octanol–water partition coefficient (Wildman–Crippen LogP) is 6.45. The van der Waals surface area contributed by atoms with Crippen LogP contribution in [-0.2, 0) is 9.59 Å². The number of carbonyl (C=O) groups is 2. The molecule has 0 atom stereocenters. The number of imide groups is 1. The third-order valence-corrected chi connectivity index (χ3v) is 6.27. The van der Waals surface area contributed by atoms with Crippen LogP contribution in [0.1, 0.15) is 22.3 Å². The van der Waals surface area contributed by atoms with Crippen LogP contribution < -0.4 is 10.2 Å². The number of nitrogens with zero attached hydrogens (tertiary/aromatic N) is 1. The van der Waals surface area contributed by atoms with E-state index in [1.54, 1.807) is 24.3 Å². The zero-order valence-corrected chi connectivity index (χ0v) is 19.1. The summed E-state index contributed by atoms with van der Waals surface area (Å²) in [6.45, 7) is 5.72. The van der Waals surface area contributed by atoms with E-state index in [0.717, 1.165) is 27.7 Å². The van der Waals surface area contributed by atoms with Crippen molar-refractivity contribution < 1.29 is 14.0 Å². The van der Waals surface area contributed by atoms with E-state index in [1.165, 1.54) is 12.1 Å². The molecule has 162 valence electrons. The Morgan fingerprint density at radius 1 is 0.844 bits per heavy atom. The minimum Gasteiger partial charge on any atom is -0.350 e. The molecule has 0 fully saturated rings. The van der Waals surface area contributed by atoms with Crippen LogP contribution in [0.3, 0.4) is 0 Å². The van der Waals surface area contributed by atoms with Gasteiger partial charge in [-0.2, -0.15) is 0 Å². The van der Waals surface area contributed by atoms with Crippen molar-refractivity contribution >= 4 is 52.0 Å². The Bertz CT molecular complexity index is 1320. The van der Waals surface area contributed by atoms with Gasteiger partial charge in [0.25, 0.3) is 11.8 Å². The van der Waals surface area contributed by atoms with Gasteiger partial charge in [-0.25, -0.2) is 9.29 Å². The fourth-order valence-electron chi connectivity index (χ4n) is 3.55. The average Bonchev–Trinajstić information content (AvgIpc) is 2.99. The van der Waals surface area contributed by atoms with Crippen LogP contribution >= 0.6 is 23.2 Å². The van der Waals surface area contributed by atoms with Crippen LogP contribution in [-0.4, -0.2) is 11.8 Å². The third kappa shape index (κ3) is 3.78. The first-order chi connectivity index (χ1) is 15.2. The summed E-state index contributed by atoms with van der Waals surface area (Å²) in [7, 11) is 0. The molecule has 0 aliphatic carbocycles. The molecule has 32 heavy (non-hydrogen) atoms. The molecular weight excluding hydrogens is 450 g/mol. The second kappa shape index (κ2) is 8.41. The highest BCUT2D eigenvalue weighted by Crippen LogP contribution is 2.36. The van der Waals surface area contributed by atoms with E-state index in [9.17, 15) is 14.0 Å². The monoisotopic (exact) mass is 468 g/mol. The minimum atomic E-state index is -0.634. The lowest BCUT2D eigenvalue weighted by atomic mass is 9.99. The highest BCUT2D eigenvalue weighted by atomic mass is 35.5. The summed E-state index contributed by atoms with van der Waals surface area (Å²) in [5, 5.41) is 3.47. The van der Waals surface area contributed by atoms with Gasteiger partial charge < -0.3 is 5.32 Å². The van der Waals surface area contributed by atoms with Crippen molar-refractivity contribution in [2.45, 2.75) is 20.8 Å². The van der Waals surface area contributed by atoms with Crippen LogP contribution in [0, 0.1) is 26.6 Å². The fraction of sp³-hybridized carbons (Fsp3) is 0.120. The second-order valence-corrected chi connectivity index (χ2v) is 8.44. The molecule has 0 bridgehead atoms. The third-order valence-electron chi connectivity index (χ3n) is 5.57. The molecule has 0 spiro atoms. The summed E-state index contributed by atoms with van der Waals surface area (Å²) in [4.78, 5) is 28.0. The van der Waals surface area contributed by atoms with Crippen LogP contribution in [0.25, 0.3) is 5.57 Å². The lowest BCUT2D eigenvalue weighted by Gasteiger charge is -2.16. The Kier molecular flexibility index (Phi) is 5.80. The van der Waals surface area contributed by atoms with Gasteiger partial charge in [-0.15, -0.1) is 0 Å². The van der Waals surface area contributed by atoms with Gasteiger partial charge in [0.1, 0.15) is 11.5 Å². The summed E-state index contributed by atoms with van der Waals surface area (Å²) in [5.41, 5.74) is 4.52. The molecule has 0 unspecified atom stereocenters. The number of benzene rings is 3. The van der Waals surface area contributed by atoms with E-state index in [-0.39, 0.29) is 22.0 Å². The van der Waals surface area contributed by atoms with Crippen LogP contribution in [0.5, 0.6) is 0 Å². The van der Waals surface area contributed by atoms with Gasteiger partial charge in [0, 0.05) is 10.7 Å². The number of halogens is 3. The highest BCUT2D eigenvalue weighted by Gasteiger charge is 2.40. The van der Waals surface area contributed by atoms with Crippen molar-refractivity contribution in [3.8, 4) is 0 Å². The number of rotatable bonds is 4. The zero-order chi connectivity index (χ0) is 23.2. The van der Waals surface area contributed by atoms with E-state index in [4.69, 9.17) is 23.2 Å².